The number of pyridine rings is 1. The monoisotopic (exact) mass is 152 g/mol. The summed E-state index contributed by atoms with van der Waals surface area (Å²) in [6.07, 6.45) is 1.98. The third kappa shape index (κ3) is 1.93. The Kier molecular flexibility index (Phi) is 2.47. The van der Waals surface area contributed by atoms with Gasteiger partial charge in [-0.25, -0.2) is 0 Å². The summed E-state index contributed by atoms with van der Waals surface area (Å²) in [6, 6.07) is 4.12. The van der Waals surface area contributed by atoms with E-state index in [0.29, 0.717) is 6.61 Å². The Morgan fingerprint density at radius 2 is 2.09 bits per heavy atom. The fraction of sp³-hybridized carbons (Fsp3) is 0.444. The lowest BCUT2D eigenvalue weighted by Gasteiger charge is -1.97. The second kappa shape index (κ2) is 3.37. The van der Waals surface area contributed by atoms with Crippen LogP contribution in [0.15, 0.2) is 18.3 Å². The molecule has 0 atom stereocenters. The first-order chi connectivity index (χ1) is 5.24. The van der Waals surface area contributed by atoms with Gasteiger partial charge < -0.3 is 0 Å². The van der Waals surface area contributed by atoms with Crippen LogP contribution in [-0.2, 0) is 0 Å². The summed E-state index contributed by atoms with van der Waals surface area (Å²) in [7, 11) is 0. The van der Waals surface area contributed by atoms with Crippen LogP contribution in [0.25, 0.3) is 0 Å². The second-order valence-electron chi connectivity index (χ2n) is 2.59. The number of nitrogens with zero attached hydrogens (tertiary/aromatic N) is 1. The lowest BCUT2D eigenvalue weighted by Crippen LogP contribution is -2.45. The minimum atomic E-state index is 0.703. The standard InChI is InChI=1S/C9H14NO/c1-4-11-10-7-8(2)5-6-9(10)3/h5-7H,4H2,1-3H3/q+1. The third-order valence-electron chi connectivity index (χ3n) is 1.52. The Morgan fingerprint density at radius 1 is 1.36 bits per heavy atom. The van der Waals surface area contributed by atoms with E-state index in [-0.39, 0.29) is 0 Å². The molecule has 1 aromatic heterocycles. The summed E-state index contributed by atoms with van der Waals surface area (Å²) in [5, 5.41) is 0. The van der Waals surface area contributed by atoms with Gasteiger partial charge in [0.15, 0.2) is 6.61 Å². The molecule has 1 aromatic rings. The molecule has 0 saturated heterocycles. The fourth-order valence-electron chi connectivity index (χ4n) is 0.933. The summed E-state index contributed by atoms with van der Waals surface area (Å²) in [6.45, 7) is 6.76. The van der Waals surface area contributed by atoms with Gasteiger partial charge in [-0.05, 0) is 19.9 Å². The maximum absolute atomic E-state index is 5.33. The maximum Gasteiger partial charge on any atom is 0.231 e. The van der Waals surface area contributed by atoms with E-state index in [1.54, 1.807) is 4.73 Å². The highest BCUT2D eigenvalue weighted by Crippen LogP contribution is 1.93. The Hall–Kier alpha value is -1.05. The summed E-state index contributed by atoms with van der Waals surface area (Å²) in [5.74, 6) is 0. The van der Waals surface area contributed by atoms with Gasteiger partial charge in [0.25, 0.3) is 0 Å². The molecule has 0 N–H and O–H groups in total. The van der Waals surface area contributed by atoms with Crippen LogP contribution in [0.2, 0.25) is 0 Å². The van der Waals surface area contributed by atoms with E-state index in [2.05, 4.69) is 13.0 Å². The van der Waals surface area contributed by atoms with Gasteiger partial charge >= 0.3 is 0 Å². The van der Waals surface area contributed by atoms with Crippen molar-refractivity contribution in [3.05, 3.63) is 29.6 Å². The minimum Gasteiger partial charge on any atom is -0.271 e. The van der Waals surface area contributed by atoms with E-state index in [9.17, 15) is 0 Å². The first-order valence-corrected chi connectivity index (χ1v) is 3.86. The molecule has 0 fully saturated rings. The van der Waals surface area contributed by atoms with Crippen molar-refractivity contribution in [1.82, 2.24) is 0 Å². The molecule has 0 saturated carbocycles. The zero-order valence-corrected chi connectivity index (χ0v) is 7.29. The van der Waals surface area contributed by atoms with Crippen molar-refractivity contribution in [2.45, 2.75) is 20.8 Å². The van der Waals surface area contributed by atoms with Crippen LogP contribution in [0.1, 0.15) is 18.2 Å². The molecule has 60 valence electrons. The molecule has 2 nitrogen and oxygen atoms in total. The fourth-order valence-corrected chi connectivity index (χ4v) is 0.933. The lowest BCUT2D eigenvalue weighted by atomic mass is 10.3. The van der Waals surface area contributed by atoms with Crippen molar-refractivity contribution in [3.8, 4) is 0 Å². The van der Waals surface area contributed by atoms with E-state index in [1.807, 2.05) is 26.1 Å². The molecule has 0 aromatic carbocycles. The SMILES string of the molecule is CCO[n+]1cc(C)ccc1C. The van der Waals surface area contributed by atoms with E-state index in [1.165, 1.54) is 5.56 Å². The van der Waals surface area contributed by atoms with Gasteiger partial charge in [0.05, 0.1) is 0 Å². The average molecular weight is 152 g/mol. The Bertz CT molecular complexity index is 245. The molecule has 0 aliphatic rings. The zero-order valence-electron chi connectivity index (χ0n) is 7.29. The highest BCUT2D eigenvalue weighted by molar-refractivity contribution is 5.05. The van der Waals surface area contributed by atoms with E-state index < -0.39 is 0 Å². The van der Waals surface area contributed by atoms with Gasteiger partial charge in [-0.1, -0.05) is 0 Å². The first kappa shape index (κ1) is 8.05. The van der Waals surface area contributed by atoms with Gasteiger partial charge in [-0.2, -0.15) is 0 Å². The van der Waals surface area contributed by atoms with Crippen molar-refractivity contribution in [2.24, 2.45) is 0 Å². The Balaban J connectivity index is 2.93. The number of aryl methyl sites for hydroxylation is 2. The normalized spacial score (nSPS) is 9.73. The van der Waals surface area contributed by atoms with Gasteiger partial charge in [-0.3, -0.25) is 4.84 Å². The smallest absolute Gasteiger partial charge is 0.231 e. The number of rotatable bonds is 2. The maximum atomic E-state index is 5.33. The molecule has 1 heterocycles. The Morgan fingerprint density at radius 3 is 2.73 bits per heavy atom. The van der Waals surface area contributed by atoms with E-state index in [4.69, 9.17) is 4.84 Å². The Labute approximate surface area is 67.4 Å². The molecule has 0 unspecified atom stereocenters. The van der Waals surface area contributed by atoms with E-state index >= 15 is 0 Å². The average Bonchev–Trinajstić information content (AvgIpc) is 1.98. The van der Waals surface area contributed by atoms with Crippen LogP contribution < -0.4 is 9.57 Å². The number of aromatic nitrogens is 1. The van der Waals surface area contributed by atoms with Crippen LogP contribution in [0, 0.1) is 13.8 Å². The third-order valence-corrected chi connectivity index (χ3v) is 1.52. The molecule has 0 aliphatic heterocycles. The van der Waals surface area contributed by atoms with Gasteiger partial charge in [0.2, 0.25) is 11.9 Å². The molecule has 0 amide bonds. The molecule has 0 radical (unpaired) electrons. The summed E-state index contributed by atoms with van der Waals surface area (Å²) >= 11 is 0. The lowest BCUT2D eigenvalue weighted by molar-refractivity contribution is -0.895. The van der Waals surface area contributed by atoms with Crippen LogP contribution >= 0.6 is 0 Å². The van der Waals surface area contributed by atoms with Crippen molar-refractivity contribution in [1.29, 1.82) is 0 Å². The number of hydrogen-bond acceptors (Lipinski definition) is 1. The molecule has 0 bridgehead atoms. The van der Waals surface area contributed by atoms with Crippen molar-refractivity contribution < 1.29 is 9.57 Å². The molecule has 1 rings (SSSR count). The predicted octanol–water partition coefficient (Wildman–Crippen LogP) is 1.04. The summed E-state index contributed by atoms with van der Waals surface area (Å²) in [5.41, 5.74) is 2.33. The topological polar surface area (TPSA) is 13.1 Å². The van der Waals surface area contributed by atoms with Crippen molar-refractivity contribution in [3.63, 3.8) is 0 Å². The van der Waals surface area contributed by atoms with Gasteiger partial charge in [0, 0.05) is 23.3 Å². The van der Waals surface area contributed by atoms with Crippen molar-refractivity contribution >= 4 is 0 Å². The zero-order chi connectivity index (χ0) is 8.27. The van der Waals surface area contributed by atoms with Crippen LogP contribution in [0.3, 0.4) is 0 Å². The largest absolute Gasteiger partial charge is 0.271 e. The summed E-state index contributed by atoms with van der Waals surface area (Å²) < 4.78 is 1.80. The molecule has 0 spiro atoms. The number of hydrogen-bond donors (Lipinski definition) is 0. The summed E-state index contributed by atoms with van der Waals surface area (Å²) in [4.78, 5) is 5.33. The molecule has 0 aliphatic carbocycles. The van der Waals surface area contributed by atoms with Crippen LogP contribution in [-0.4, -0.2) is 6.61 Å². The van der Waals surface area contributed by atoms with Crippen LogP contribution in [0.5, 0.6) is 0 Å². The quantitative estimate of drug-likeness (QED) is 0.577. The predicted molar refractivity (Wildman–Crippen MR) is 43.2 cm³/mol. The highest BCUT2D eigenvalue weighted by Gasteiger charge is 2.05. The van der Waals surface area contributed by atoms with E-state index in [0.717, 1.165) is 5.69 Å². The second-order valence-corrected chi connectivity index (χ2v) is 2.59. The molecule has 11 heavy (non-hydrogen) atoms. The molecular weight excluding hydrogens is 138 g/mol. The van der Waals surface area contributed by atoms with Gasteiger partial charge in [0.1, 0.15) is 0 Å². The van der Waals surface area contributed by atoms with Gasteiger partial charge in [-0.15, -0.1) is 0 Å². The first-order valence-electron chi connectivity index (χ1n) is 3.86. The minimum absolute atomic E-state index is 0.703. The molecule has 2 heteroatoms. The molecular formula is C9H14NO+. The highest BCUT2D eigenvalue weighted by atomic mass is 16.7. The van der Waals surface area contributed by atoms with Crippen molar-refractivity contribution in [2.75, 3.05) is 6.61 Å². The van der Waals surface area contributed by atoms with Crippen LogP contribution in [0.4, 0.5) is 0 Å².